The van der Waals surface area contributed by atoms with Crippen molar-refractivity contribution >= 4 is 27.5 Å². The van der Waals surface area contributed by atoms with Gasteiger partial charge in [-0.05, 0) is 68.1 Å². The molecule has 30 heavy (non-hydrogen) atoms. The van der Waals surface area contributed by atoms with Crippen molar-refractivity contribution in [1.82, 2.24) is 10.0 Å². The van der Waals surface area contributed by atoms with Crippen LogP contribution < -0.4 is 14.8 Å². The monoisotopic (exact) mass is 450 g/mol. The van der Waals surface area contributed by atoms with Gasteiger partial charge in [-0.15, -0.1) is 0 Å². The standard InChI is InChI=1S/C22H27ClN2O4S/c1-16(29-20-10-8-18(23)9-11-20)22(26)24-15-14-17-6-12-21(13-7-17)30(27,28)25-19-4-2-3-5-19/h6-13,16,19,25H,2-5,14-15H2,1H3,(H,24,26). The number of hydrogen-bond acceptors (Lipinski definition) is 4. The highest BCUT2D eigenvalue weighted by Gasteiger charge is 2.22. The molecule has 1 atom stereocenters. The number of carbonyl (C=O) groups is 1. The SMILES string of the molecule is CC(Oc1ccc(Cl)cc1)C(=O)NCCc1ccc(S(=O)(=O)NC2CCCC2)cc1. The molecular weight excluding hydrogens is 424 g/mol. The number of nitrogens with one attached hydrogen (secondary N) is 2. The Hall–Kier alpha value is -2.09. The minimum Gasteiger partial charge on any atom is -0.481 e. The number of benzene rings is 2. The van der Waals surface area contributed by atoms with Gasteiger partial charge in [0.15, 0.2) is 6.10 Å². The first kappa shape index (κ1) is 22.6. The Morgan fingerprint density at radius 3 is 2.37 bits per heavy atom. The highest BCUT2D eigenvalue weighted by atomic mass is 35.5. The molecule has 3 rings (SSSR count). The van der Waals surface area contributed by atoms with Crippen molar-refractivity contribution < 1.29 is 17.9 Å². The summed E-state index contributed by atoms with van der Waals surface area (Å²) in [6.45, 7) is 2.11. The van der Waals surface area contributed by atoms with Crippen LogP contribution in [0.4, 0.5) is 0 Å². The lowest BCUT2D eigenvalue weighted by molar-refractivity contribution is -0.127. The zero-order valence-electron chi connectivity index (χ0n) is 16.9. The highest BCUT2D eigenvalue weighted by molar-refractivity contribution is 7.89. The Bertz CT molecular complexity index is 940. The Labute approximate surface area is 183 Å². The van der Waals surface area contributed by atoms with E-state index in [0.29, 0.717) is 23.7 Å². The summed E-state index contributed by atoms with van der Waals surface area (Å²) in [6, 6.07) is 13.7. The molecule has 0 radical (unpaired) electrons. The van der Waals surface area contributed by atoms with Gasteiger partial charge in [-0.2, -0.15) is 0 Å². The van der Waals surface area contributed by atoms with Gasteiger partial charge in [0, 0.05) is 17.6 Å². The Balaban J connectivity index is 1.45. The maximum atomic E-state index is 12.5. The van der Waals surface area contributed by atoms with Gasteiger partial charge in [-0.25, -0.2) is 13.1 Å². The molecule has 0 saturated heterocycles. The van der Waals surface area contributed by atoms with Crippen LogP contribution in [0.15, 0.2) is 53.4 Å². The van der Waals surface area contributed by atoms with Crippen molar-refractivity contribution in [2.45, 2.75) is 56.1 Å². The molecule has 2 aromatic carbocycles. The average Bonchev–Trinajstić information content (AvgIpc) is 3.22. The van der Waals surface area contributed by atoms with Crippen LogP contribution in [0.3, 0.4) is 0 Å². The molecule has 8 heteroatoms. The second-order valence-electron chi connectivity index (χ2n) is 7.50. The smallest absolute Gasteiger partial charge is 0.260 e. The molecular formula is C22H27ClN2O4S. The minimum atomic E-state index is -3.48. The average molecular weight is 451 g/mol. The quantitative estimate of drug-likeness (QED) is 0.610. The summed E-state index contributed by atoms with van der Waals surface area (Å²) in [5.41, 5.74) is 0.946. The van der Waals surface area contributed by atoms with E-state index in [2.05, 4.69) is 10.0 Å². The highest BCUT2D eigenvalue weighted by Crippen LogP contribution is 2.21. The third-order valence-electron chi connectivity index (χ3n) is 5.12. The zero-order valence-corrected chi connectivity index (χ0v) is 18.5. The minimum absolute atomic E-state index is 0.0435. The van der Waals surface area contributed by atoms with Crippen LogP contribution in [0.25, 0.3) is 0 Å². The fraction of sp³-hybridized carbons (Fsp3) is 0.409. The summed E-state index contributed by atoms with van der Waals surface area (Å²) in [5.74, 6) is 0.356. The molecule has 2 N–H and O–H groups in total. The number of sulfonamides is 1. The summed E-state index contributed by atoms with van der Waals surface area (Å²) in [4.78, 5) is 12.5. The second kappa shape index (κ2) is 10.3. The van der Waals surface area contributed by atoms with Crippen molar-refractivity contribution in [3.8, 4) is 5.75 Å². The fourth-order valence-electron chi connectivity index (χ4n) is 3.41. The number of ether oxygens (including phenoxy) is 1. The number of halogens is 1. The Morgan fingerprint density at radius 1 is 1.10 bits per heavy atom. The second-order valence-corrected chi connectivity index (χ2v) is 9.65. The molecule has 6 nitrogen and oxygen atoms in total. The third-order valence-corrected chi connectivity index (χ3v) is 6.91. The molecule has 162 valence electrons. The predicted octanol–water partition coefficient (Wildman–Crippen LogP) is 3.69. The molecule has 1 aliphatic rings. The summed E-state index contributed by atoms with van der Waals surface area (Å²) < 4.78 is 33.3. The summed E-state index contributed by atoms with van der Waals surface area (Å²) >= 11 is 5.84. The summed E-state index contributed by atoms with van der Waals surface area (Å²) in [7, 11) is -3.48. The van der Waals surface area contributed by atoms with Crippen LogP contribution in [-0.4, -0.2) is 33.0 Å². The van der Waals surface area contributed by atoms with Gasteiger partial charge in [0.05, 0.1) is 4.90 Å². The van der Waals surface area contributed by atoms with Crippen molar-refractivity contribution in [2.24, 2.45) is 0 Å². The van der Waals surface area contributed by atoms with E-state index in [9.17, 15) is 13.2 Å². The third kappa shape index (κ3) is 6.45. The normalized spacial score (nSPS) is 15.7. The molecule has 1 amide bonds. The van der Waals surface area contributed by atoms with Crippen molar-refractivity contribution in [3.63, 3.8) is 0 Å². The molecule has 1 saturated carbocycles. The van der Waals surface area contributed by atoms with E-state index >= 15 is 0 Å². The molecule has 0 aromatic heterocycles. The molecule has 0 spiro atoms. The topological polar surface area (TPSA) is 84.5 Å². The molecule has 0 aliphatic heterocycles. The maximum Gasteiger partial charge on any atom is 0.260 e. The van der Waals surface area contributed by atoms with E-state index < -0.39 is 16.1 Å². The van der Waals surface area contributed by atoms with Crippen LogP contribution in [0, 0.1) is 0 Å². The van der Waals surface area contributed by atoms with Gasteiger partial charge in [0.25, 0.3) is 5.91 Å². The van der Waals surface area contributed by atoms with Gasteiger partial charge in [-0.1, -0.05) is 36.6 Å². The molecule has 2 aromatic rings. The maximum absolute atomic E-state index is 12.5. The van der Waals surface area contributed by atoms with Crippen LogP contribution in [0.2, 0.25) is 5.02 Å². The predicted molar refractivity (Wildman–Crippen MR) is 117 cm³/mol. The number of hydrogen-bond donors (Lipinski definition) is 2. The van der Waals surface area contributed by atoms with E-state index in [0.717, 1.165) is 31.2 Å². The zero-order chi connectivity index (χ0) is 21.6. The van der Waals surface area contributed by atoms with E-state index in [4.69, 9.17) is 16.3 Å². The summed E-state index contributed by atoms with van der Waals surface area (Å²) in [6.07, 6.45) is 3.90. The molecule has 1 aliphatic carbocycles. The van der Waals surface area contributed by atoms with Gasteiger partial charge in [-0.3, -0.25) is 4.79 Å². The van der Waals surface area contributed by atoms with Gasteiger partial charge in [0.1, 0.15) is 5.75 Å². The first-order chi connectivity index (χ1) is 14.3. The summed E-state index contributed by atoms with van der Waals surface area (Å²) in [5, 5.41) is 3.44. The Morgan fingerprint density at radius 2 is 1.73 bits per heavy atom. The lowest BCUT2D eigenvalue weighted by Gasteiger charge is -2.15. The van der Waals surface area contributed by atoms with Crippen molar-refractivity contribution in [3.05, 3.63) is 59.1 Å². The van der Waals surface area contributed by atoms with E-state index in [1.54, 1.807) is 55.5 Å². The van der Waals surface area contributed by atoms with Crippen LogP contribution >= 0.6 is 11.6 Å². The van der Waals surface area contributed by atoms with E-state index in [1.165, 1.54) is 0 Å². The van der Waals surface area contributed by atoms with Gasteiger partial charge < -0.3 is 10.1 Å². The van der Waals surface area contributed by atoms with Crippen molar-refractivity contribution in [1.29, 1.82) is 0 Å². The van der Waals surface area contributed by atoms with Gasteiger partial charge >= 0.3 is 0 Å². The van der Waals surface area contributed by atoms with E-state index in [-0.39, 0.29) is 16.8 Å². The molecule has 0 bridgehead atoms. The first-order valence-corrected chi connectivity index (χ1v) is 12.0. The number of carbonyl (C=O) groups excluding carboxylic acids is 1. The van der Waals surface area contributed by atoms with Crippen molar-refractivity contribution in [2.75, 3.05) is 6.54 Å². The van der Waals surface area contributed by atoms with Crippen LogP contribution in [0.1, 0.15) is 38.2 Å². The molecule has 1 unspecified atom stereocenters. The number of rotatable bonds is 9. The Kier molecular flexibility index (Phi) is 7.75. The lowest BCUT2D eigenvalue weighted by atomic mass is 10.1. The van der Waals surface area contributed by atoms with E-state index in [1.807, 2.05) is 0 Å². The number of amides is 1. The van der Waals surface area contributed by atoms with Gasteiger partial charge in [0.2, 0.25) is 10.0 Å². The first-order valence-electron chi connectivity index (χ1n) is 10.1. The largest absolute Gasteiger partial charge is 0.481 e. The van der Waals surface area contributed by atoms with Crippen LogP contribution in [-0.2, 0) is 21.2 Å². The fourth-order valence-corrected chi connectivity index (χ4v) is 4.84. The van der Waals surface area contributed by atoms with Crippen LogP contribution in [0.5, 0.6) is 5.75 Å². The lowest BCUT2D eigenvalue weighted by Crippen LogP contribution is -2.37. The molecule has 1 fully saturated rings. The molecule has 0 heterocycles.